The molecule has 0 aromatic heterocycles. The molecule has 2 amide bonds. The average molecular weight is 426 g/mol. The van der Waals surface area contributed by atoms with Crippen LogP contribution in [0.3, 0.4) is 0 Å². The monoisotopic (exact) mass is 425 g/mol. The van der Waals surface area contributed by atoms with Crippen LogP contribution in [-0.2, 0) is 26.0 Å². The van der Waals surface area contributed by atoms with Gasteiger partial charge in [0.25, 0.3) is 5.91 Å². The third-order valence-electron chi connectivity index (χ3n) is 4.96. The number of carbonyl (C=O) groups is 2. The summed E-state index contributed by atoms with van der Waals surface area (Å²) in [6, 6.07) is 4.81. The highest BCUT2D eigenvalue weighted by Gasteiger charge is 2.29. The van der Waals surface area contributed by atoms with Crippen molar-refractivity contribution in [3.05, 3.63) is 29.3 Å². The number of rotatable bonds is 9. The maximum absolute atomic E-state index is 13.1. The summed E-state index contributed by atoms with van der Waals surface area (Å²) in [7, 11) is -3.70. The number of benzene rings is 1. The third kappa shape index (κ3) is 6.25. The Balaban J connectivity index is 2.09. The number of amides is 2. The number of hydrogen-bond donors (Lipinski definition) is 2. The predicted molar refractivity (Wildman–Crippen MR) is 110 cm³/mol. The van der Waals surface area contributed by atoms with E-state index in [0.717, 1.165) is 6.42 Å². The molecule has 1 aromatic carbocycles. The molecular weight excluding hydrogens is 394 g/mol. The van der Waals surface area contributed by atoms with Gasteiger partial charge in [-0.15, -0.1) is 0 Å². The molecule has 162 valence electrons. The van der Waals surface area contributed by atoms with Crippen LogP contribution in [0.25, 0.3) is 0 Å². The minimum Gasteiger partial charge on any atom is -0.379 e. The summed E-state index contributed by atoms with van der Waals surface area (Å²) in [6.07, 6.45) is 1.54. The van der Waals surface area contributed by atoms with Crippen LogP contribution in [0.4, 0.5) is 0 Å². The number of sulfonamides is 1. The van der Waals surface area contributed by atoms with Crippen molar-refractivity contribution in [1.29, 1.82) is 0 Å². The number of morpholine rings is 1. The maximum atomic E-state index is 13.1. The molecule has 2 rings (SSSR count). The summed E-state index contributed by atoms with van der Waals surface area (Å²) in [5.74, 6) is -0.529. The fourth-order valence-electron chi connectivity index (χ4n) is 2.99. The van der Waals surface area contributed by atoms with Crippen molar-refractivity contribution in [2.24, 2.45) is 0 Å². The lowest BCUT2D eigenvalue weighted by atomic mass is 10.1. The van der Waals surface area contributed by atoms with E-state index in [-0.39, 0.29) is 35.4 Å². The summed E-state index contributed by atoms with van der Waals surface area (Å²) in [5, 5.41) is 5.53. The molecule has 1 atom stereocenters. The van der Waals surface area contributed by atoms with Crippen molar-refractivity contribution in [3.63, 3.8) is 0 Å². The van der Waals surface area contributed by atoms with E-state index in [1.165, 1.54) is 10.4 Å². The van der Waals surface area contributed by atoms with Gasteiger partial charge in [0, 0.05) is 37.7 Å². The minimum atomic E-state index is -3.70. The first kappa shape index (κ1) is 23.3. The van der Waals surface area contributed by atoms with Crippen molar-refractivity contribution in [1.82, 2.24) is 14.9 Å². The van der Waals surface area contributed by atoms with Crippen molar-refractivity contribution < 1.29 is 22.7 Å². The van der Waals surface area contributed by atoms with Crippen molar-refractivity contribution in [2.45, 2.75) is 51.0 Å². The normalized spacial score (nSPS) is 16.2. The highest BCUT2D eigenvalue weighted by atomic mass is 32.2. The van der Waals surface area contributed by atoms with Gasteiger partial charge in [0.1, 0.15) is 0 Å². The molecule has 1 fully saturated rings. The number of nitrogens with zero attached hydrogens (tertiary/aromatic N) is 1. The standard InChI is InChI=1S/C20H31N3O5S/c1-4-15(3)22-19(24)8-9-21-20(25)17-7-6-16(5-2)18(14-17)29(26,27)23-10-12-28-13-11-23/h6-7,14-15H,4-5,8-13H2,1-3H3,(H,21,25)(H,22,24). The number of hydrogen-bond acceptors (Lipinski definition) is 5. The van der Waals surface area contributed by atoms with Gasteiger partial charge in [-0.05, 0) is 37.5 Å². The molecule has 1 aliphatic heterocycles. The molecule has 1 aliphatic rings. The fourth-order valence-corrected chi connectivity index (χ4v) is 4.72. The molecule has 0 spiro atoms. The van der Waals surface area contributed by atoms with Crippen molar-refractivity contribution >= 4 is 21.8 Å². The van der Waals surface area contributed by atoms with Gasteiger partial charge in [0.15, 0.2) is 0 Å². The zero-order valence-electron chi connectivity index (χ0n) is 17.4. The Hall–Kier alpha value is -1.97. The van der Waals surface area contributed by atoms with Crippen molar-refractivity contribution in [2.75, 3.05) is 32.8 Å². The molecule has 2 N–H and O–H groups in total. The SMILES string of the molecule is CCc1ccc(C(=O)NCCC(=O)NC(C)CC)cc1S(=O)(=O)N1CCOCC1. The van der Waals surface area contributed by atoms with Gasteiger partial charge in [0.05, 0.1) is 18.1 Å². The molecule has 8 nitrogen and oxygen atoms in total. The number of carbonyl (C=O) groups excluding carboxylic acids is 2. The molecule has 1 aromatic rings. The second kappa shape index (κ2) is 10.7. The van der Waals surface area contributed by atoms with E-state index in [2.05, 4.69) is 10.6 Å². The first-order chi connectivity index (χ1) is 13.8. The van der Waals surface area contributed by atoms with Crippen LogP contribution < -0.4 is 10.6 Å². The topological polar surface area (TPSA) is 105 Å². The molecule has 0 bridgehead atoms. The van der Waals surface area contributed by atoms with E-state index < -0.39 is 15.9 Å². The lowest BCUT2D eigenvalue weighted by Gasteiger charge is -2.27. The second-order valence-corrected chi connectivity index (χ2v) is 8.98. The van der Waals surface area contributed by atoms with Crippen LogP contribution in [0.1, 0.15) is 49.5 Å². The Morgan fingerprint density at radius 1 is 1.21 bits per heavy atom. The van der Waals surface area contributed by atoms with Crippen LogP contribution in [0, 0.1) is 0 Å². The van der Waals surface area contributed by atoms with Gasteiger partial charge in [-0.1, -0.05) is 19.9 Å². The van der Waals surface area contributed by atoms with Gasteiger partial charge in [-0.2, -0.15) is 4.31 Å². The molecule has 1 saturated heterocycles. The van der Waals surface area contributed by atoms with Crippen LogP contribution in [0.5, 0.6) is 0 Å². The van der Waals surface area contributed by atoms with Crippen LogP contribution in [-0.4, -0.2) is 63.4 Å². The summed E-state index contributed by atoms with van der Waals surface area (Å²) in [4.78, 5) is 24.5. The second-order valence-electron chi connectivity index (χ2n) is 7.08. The minimum absolute atomic E-state index is 0.0905. The molecule has 0 radical (unpaired) electrons. The fraction of sp³-hybridized carbons (Fsp3) is 0.600. The summed E-state index contributed by atoms with van der Waals surface area (Å²) >= 11 is 0. The molecule has 1 unspecified atom stereocenters. The Bertz CT molecular complexity index is 819. The molecule has 9 heteroatoms. The lowest BCUT2D eigenvalue weighted by molar-refractivity contribution is -0.121. The molecule has 0 saturated carbocycles. The first-order valence-electron chi connectivity index (χ1n) is 10.1. The zero-order valence-corrected chi connectivity index (χ0v) is 18.2. The van der Waals surface area contributed by atoms with Crippen LogP contribution in [0.15, 0.2) is 23.1 Å². The maximum Gasteiger partial charge on any atom is 0.251 e. The predicted octanol–water partition coefficient (Wildman–Crippen LogP) is 1.30. The first-order valence-corrected chi connectivity index (χ1v) is 11.5. The largest absolute Gasteiger partial charge is 0.379 e. The van der Waals surface area contributed by atoms with Gasteiger partial charge in [-0.3, -0.25) is 9.59 Å². The van der Waals surface area contributed by atoms with Gasteiger partial charge >= 0.3 is 0 Å². The van der Waals surface area contributed by atoms with E-state index >= 15 is 0 Å². The van der Waals surface area contributed by atoms with Gasteiger partial charge in [0.2, 0.25) is 15.9 Å². The van der Waals surface area contributed by atoms with E-state index in [9.17, 15) is 18.0 Å². The average Bonchev–Trinajstić information content (AvgIpc) is 2.73. The van der Waals surface area contributed by atoms with E-state index in [4.69, 9.17) is 4.74 Å². The van der Waals surface area contributed by atoms with E-state index in [0.29, 0.717) is 38.3 Å². The summed E-state index contributed by atoms with van der Waals surface area (Å²) in [6.45, 7) is 7.28. The van der Waals surface area contributed by atoms with Crippen molar-refractivity contribution in [3.8, 4) is 0 Å². The van der Waals surface area contributed by atoms with E-state index in [1.807, 2.05) is 20.8 Å². The van der Waals surface area contributed by atoms with Gasteiger partial charge in [-0.25, -0.2) is 8.42 Å². The van der Waals surface area contributed by atoms with Crippen LogP contribution in [0.2, 0.25) is 0 Å². The number of nitrogens with one attached hydrogen (secondary N) is 2. The Morgan fingerprint density at radius 3 is 2.52 bits per heavy atom. The smallest absolute Gasteiger partial charge is 0.251 e. The molecule has 0 aliphatic carbocycles. The third-order valence-corrected chi connectivity index (χ3v) is 6.94. The highest BCUT2D eigenvalue weighted by molar-refractivity contribution is 7.89. The number of ether oxygens (including phenoxy) is 1. The lowest BCUT2D eigenvalue weighted by Crippen LogP contribution is -2.41. The Morgan fingerprint density at radius 2 is 1.90 bits per heavy atom. The van der Waals surface area contributed by atoms with Gasteiger partial charge < -0.3 is 15.4 Å². The zero-order chi connectivity index (χ0) is 21.4. The Kier molecular flexibility index (Phi) is 8.60. The quantitative estimate of drug-likeness (QED) is 0.621. The molecule has 29 heavy (non-hydrogen) atoms. The van der Waals surface area contributed by atoms with E-state index in [1.54, 1.807) is 12.1 Å². The number of aryl methyl sites for hydroxylation is 1. The molecule has 1 heterocycles. The van der Waals surface area contributed by atoms with Crippen LogP contribution >= 0.6 is 0 Å². The highest BCUT2D eigenvalue weighted by Crippen LogP contribution is 2.23. The molecular formula is C20H31N3O5S. The summed E-state index contributed by atoms with van der Waals surface area (Å²) < 4.78 is 32.8. The Labute approximate surface area is 173 Å². The summed E-state index contributed by atoms with van der Waals surface area (Å²) in [5.41, 5.74) is 0.928.